The third-order valence-electron chi connectivity index (χ3n) is 4.96. The Morgan fingerprint density at radius 2 is 1.83 bits per heavy atom. The number of benzene rings is 2. The third-order valence-corrected chi connectivity index (χ3v) is 6.96. The highest BCUT2D eigenvalue weighted by Gasteiger charge is 2.33. The van der Waals surface area contributed by atoms with Crippen molar-refractivity contribution in [2.45, 2.75) is 29.1 Å². The molecular weight excluding hydrogens is 501 g/mol. The molecule has 11 heteroatoms. The lowest BCUT2D eigenvalue weighted by Crippen LogP contribution is -2.30. The van der Waals surface area contributed by atoms with E-state index >= 15 is 0 Å². The summed E-state index contributed by atoms with van der Waals surface area (Å²) in [7, 11) is 0. The summed E-state index contributed by atoms with van der Waals surface area (Å²) < 4.78 is 44.6. The van der Waals surface area contributed by atoms with Crippen LogP contribution in [0.15, 0.2) is 92.6 Å². The summed E-state index contributed by atoms with van der Waals surface area (Å²) in [6, 6.07) is 16.1. The molecule has 0 fully saturated rings. The number of nitrogens with zero attached hydrogens (tertiary/aromatic N) is 2. The van der Waals surface area contributed by atoms with E-state index < -0.39 is 22.4 Å². The van der Waals surface area contributed by atoms with E-state index in [0.29, 0.717) is 23.3 Å². The number of nitro groups is 1. The summed E-state index contributed by atoms with van der Waals surface area (Å²) in [6.45, 7) is 0.514. The molecule has 0 N–H and O–H groups in total. The van der Waals surface area contributed by atoms with Crippen LogP contribution in [0.3, 0.4) is 0 Å². The summed E-state index contributed by atoms with van der Waals surface area (Å²) in [4.78, 5) is 27.2. The van der Waals surface area contributed by atoms with E-state index in [1.165, 1.54) is 17.6 Å². The number of halogens is 3. The van der Waals surface area contributed by atoms with Crippen LogP contribution in [0.1, 0.15) is 26.6 Å². The number of amides is 1. The van der Waals surface area contributed by atoms with Gasteiger partial charge in [-0.15, -0.1) is 11.3 Å². The number of hydrogen-bond acceptors (Lipinski definition) is 6. The van der Waals surface area contributed by atoms with Gasteiger partial charge in [0.25, 0.3) is 11.6 Å². The van der Waals surface area contributed by atoms with Gasteiger partial charge in [0.05, 0.1) is 40.3 Å². The van der Waals surface area contributed by atoms with Crippen molar-refractivity contribution in [3.05, 3.63) is 110 Å². The molecule has 4 aromatic rings. The van der Waals surface area contributed by atoms with Crippen molar-refractivity contribution in [1.82, 2.24) is 4.90 Å². The van der Waals surface area contributed by atoms with Crippen molar-refractivity contribution in [2.75, 3.05) is 0 Å². The Hall–Kier alpha value is -3.57. The zero-order valence-electron chi connectivity index (χ0n) is 17.9. The lowest BCUT2D eigenvalue weighted by molar-refractivity contribution is -0.388. The molecule has 6 nitrogen and oxygen atoms in total. The fraction of sp³-hybridized carbons (Fsp3) is 0.125. The Morgan fingerprint density at radius 3 is 2.49 bits per heavy atom. The number of thiophene rings is 1. The van der Waals surface area contributed by atoms with Gasteiger partial charge in [-0.2, -0.15) is 13.2 Å². The van der Waals surface area contributed by atoms with Gasteiger partial charge >= 0.3 is 6.18 Å². The first-order chi connectivity index (χ1) is 16.7. The first kappa shape index (κ1) is 24.6. The minimum Gasteiger partial charge on any atom is -0.467 e. The normalized spacial score (nSPS) is 11.4. The largest absolute Gasteiger partial charge is 0.467 e. The van der Waals surface area contributed by atoms with Gasteiger partial charge in [-0.05, 0) is 47.8 Å². The van der Waals surface area contributed by atoms with Crippen LogP contribution in [0.25, 0.3) is 0 Å². The summed E-state index contributed by atoms with van der Waals surface area (Å²) >= 11 is 2.37. The Bertz CT molecular complexity index is 1290. The average Bonchev–Trinajstić information content (AvgIpc) is 3.52. The van der Waals surface area contributed by atoms with Crippen molar-refractivity contribution in [2.24, 2.45) is 0 Å². The van der Waals surface area contributed by atoms with Crippen molar-refractivity contribution in [1.29, 1.82) is 0 Å². The fourth-order valence-corrected chi connectivity index (χ4v) is 5.07. The standard InChI is InChI=1S/C24H17F3N2O4S2/c25-24(26,27)16-9-10-22(20(13-16)29(31)32)35-21-8-2-1-7-19(21)23(30)28(14-17-5-3-11-33-17)15-18-6-4-12-34-18/h1-13H,14-15H2. The molecule has 0 atom stereocenters. The van der Waals surface area contributed by atoms with Crippen LogP contribution in [-0.2, 0) is 19.3 Å². The van der Waals surface area contributed by atoms with Crippen LogP contribution < -0.4 is 0 Å². The lowest BCUT2D eigenvalue weighted by Gasteiger charge is -2.22. The second kappa shape index (κ2) is 10.4. The van der Waals surface area contributed by atoms with Gasteiger partial charge in [0.1, 0.15) is 5.76 Å². The highest BCUT2D eigenvalue weighted by atomic mass is 32.2. The predicted molar refractivity (Wildman–Crippen MR) is 125 cm³/mol. The molecule has 2 heterocycles. The van der Waals surface area contributed by atoms with Gasteiger partial charge in [-0.3, -0.25) is 14.9 Å². The van der Waals surface area contributed by atoms with Crippen LogP contribution in [0.4, 0.5) is 18.9 Å². The van der Waals surface area contributed by atoms with Crippen molar-refractivity contribution >= 4 is 34.7 Å². The summed E-state index contributed by atoms with van der Waals surface area (Å²) in [5, 5.41) is 13.4. The molecule has 0 aliphatic carbocycles. The molecule has 0 spiro atoms. The van der Waals surface area contributed by atoms with E-state index in [0.717, 1.165) is 28.8 Å². The van der Waals surface area contributed by atoms with Crippen LogP contribution >= 0.6 is 23.1 Å². The molecule has 0 bridgehead atoms. The van der Waals surface area contributed by atoms with Crippen molar-refractivity contribution in [3.63, 3.8) is 0 Å². The van der Waals surface area contributed by atoms with Crippen LogP contribution in [0, 0.1) is 10.1 Å². The monoisotopic (exact) mass is 518 g/mol. The Kier molecular flexibility index (Phi) is 7.27. The second-order valence-corrected chi connectivity index (χ2v) is 9.47. The molecule has 180 valence electrons. The molecule has 0 radical (unpaired) electrons. The number of nitro benzene ring substituents is 1. The minimum absolute atomic E-state index is 0.000841. The highest BCUT2D eigenvalue weighted by Crippen LogP contribution is 2.40. The topological polar surface area (TPSA) is 76.6 Å². The third kappa shape index (κ3) is 5.92. The molecule has 0 unspecified atom stereocenters. The number of carbonyl (C=O) groups is 1. The van der Waals surface area contributed by atoms with Gasteiger partial charge in [-0.1, -0.05) is 30.0 Å². The first-order valence-corrected chi connectivity index (χ1v) is 11.9. The van der Waals surface area contributed by atoms with Crippen molar-refractivity contribution in [3.8, 4) is 0 Å². The number of hydrogen-bond donors (Lipinski definition) is 0. The first-order valence-electron chi connectivity index (χ1n) is 10.2. The number of rotatable bonds is 8. The fourth-order valence-electron chi connectivity index (χ4n) is 3.32. The molecule has 4 rings (SSSR count). The van der Waals surface area contributed by atoms with Crippen LogP contribution in [0.5, 0.6) is 0 Å². The van der Waals surface area contributed by atoms with Gasteiger partial charge in [0, 0.05) is 15.8 Å². The van der Waals surface area contributed by atoms with Gasteiger partial charge in [0.15, 0.2) is 0 Å². The maximum Gasteiger partial charge on any atom is 0.416 e. The Labute approximate surface area is 206 Å². The zero-order valence-corrected chi connectivity index (χ0v) is 19.5. The minimum atomic E-state index is -4.71. The van der Waals surface area contributed by atoms with Gasteiger partial charge in [0.2, 0.25) is 0 Å². The van der Waals surface area contributed by atoms with E-state index in [1.807, 2.05) is 17.5 Å². The molecule has 0 aliphatic rings. The quantitative estimate of drug-likeness (QED) is 0.181. The van der Waals surface area contributed by atoms with E-state index in [2.05, 4.69) is 0 Å². The summed E-state index contributed by atoms with van der Waals surface area (Å²) in [6.07, 6.45) is -3.20. The smallest absolute Gasteiger partial charge is 0.416 e. The summed E-state index contributed by atoms with van der Waals surface area (Å²) in [5.41, 5.74) is -1.52. The number of carbonyl (C=O) groups excluding carboxylic acids is 1. The predicted octanol–water partition coefficient (Wildman–Crippen LogP) is 7.26. The van der Waals surface area contributed by atoms with E-state index in [1.54, 1.807) is 41.3 Å². The Balaban J connectivity index is 1.67. The molecule has 0 aliphatic heterocycles. The van der Waals surface area contributed by atoms with E-state index in [4.69, 9.17) is 4.42 Å². The molecule has 0 saturated carbocycles. The maximum atomic E-state index is 13.6. The summed E-state index contributed by atoms with van der Waals surface area (Å²) in [5.74, 6) is 0.242. The average molecular weight is 519 g/mol. The molecule has 35 heavy (non-hydrogen) atoms. The van der Waals surface area contributed by atoms with Crippen LogP contribution in [0.2, 0.25) is 0 Å². The van der Waals surface area contributed by atoms with Gasteiger partial charge < -0.3 is 9.32 Å². The van der Waals surface area contributed by atoms with Gasteiger partial charge in [-0.25, -0.2) is 0 Å². The zero-order chi connectivity index (χ0) is 25.0. The SMILES string of the molecule is O=C(c1ccccc1Sc1ccc(C(F)(F)F)cc1[N+](=O)[O-])N(Cc1ccco1)Cc1cccs1. The number of furan rings is 1. The Morgan fingerprint density at radius 1 is 1.03 bits per heavy atom. The van der Waals surface area contributed by atoms with Crippen LogP contribution in [-0.4, -0.2) is 15.7 Å². The second-order valence-electron chi connectivity index (χ2n) is 7.36. The molecule has 0 saturated heterocycles. The molecule has 2 aromatic heterocycles. The maximum absolute atomic E-state index is 13.6. The lowest BCUT2D eigenvalue weighted by atomic mass is 10.2. The molecule has 1 amide bonds. The van der Waals surface area contributed by atoms with E-state index in [9.17, 15) is 28.1 Å². The molecular formula is C24H17F3N2O4S2. The highest BCUT2D eigenvalue weighted by molar-refractivity contribution is 7.99. The van der Waals surface area contributed by atoms with Crippen molar-refractivity contribution < 1.29 is 27.3 Å². The molecule has 2 aromatic carbocycles. The van der Waals surface area contributed by atoms with E-state index in [-0.39, 0.29) is 22.9 Å². The number of alkyl halides is 3.